The zero-order valence-electron chi connectivity index (χ0n) is 3.60. The fraction of sp³-hybridized carbons (Fsp3) is 0.250. The summed E-state index contributed by atoms with van der Waals surface area (Å²) in [6.45, 7) is 3.30. The van der Waals surface area contributed by atoms with Gasteiger partial charge < -0.3 is 0 Å². The number of carbonyl (C=O) groups is 1. The Labute approximate surface area is 43.8 Å². The first kappa shape index (κ1) is 5.94. The van der Waals surface area contributed by atoms with E-state index in [9.17, 15) is 4.79 Å². The van der Waals surface area contributed by atoms with Gasteiger partial charge in [-0.1, -0.05) is 0 Å². The van der Waals surface area contributed by atoms with Gasteiger partial charge in [0.25, 0.3) is 0 Å². The van der Waals surface area contributed by atoms with Gasteiger partial charge in [0.2, 0.25) is 0 Å². The Kier molecular flexibility index (Phi) is 3.11. The Hall–Kier alpha value is -0.0575. The van der Waals surface area contributed by atoms with Crippen LogP contribution in [0.3, 0.4) is 0 Å². The summed E-state index contributed by atoms with van der Waals surface area (Å²) in [6, 6.07) is 0. The summed E-state index contributed by atoms with van der Waals surface area (Å²) in [5.41, 5.74) is 0. The SMILES string of the molecule is C=C[C](=O)[Cr][CH3]. The van der Waals surface area contributed by atoms with Crippen LogP contribution in [0.1, 0.15) is 0 Å². The molecule has 0 spiro atoms. The van der Waals surface area contributed by atoms with E-state index in [1.54, 1.807) is 0 Å². The van der Waals surface area contributed by atoms with Crippen LogP contribution >= 0.6 is 0 Å². The normalized spacial score (nSPS) is 7.50. The summed E-state index contributed by atoms with van der Waals surface area (Å²) in [6.07, 6.45) is 1.36. The van der Waals surface area contributed by atoms with E-state index in [1.165, 1.54) is 6.08 Å². The molecular formula is C4H6CrO. The van der Waals surface area contributed by atoms with Gasteiger partial charge in [-0.05, 0) is 0 Å². The summed E-state index contributed by atoms with van der Waals surface area (Å²) in [7, 11) is 0. The van der Waals surface area contributed by atoms with Crippen molar-refractivity contribution in [3.63, 3.8) is 0 Å². The van der Waals surface area contributed by atoms with E-state index in [0.717, 1.165) is 0 Å². The van der Waals surface area contributed by atoms with Crippen LogP contribution in [0, 0.1) is 0 Å². The average Bonchev–Trinajstić information content (AvgIpc) is 1.65. The van der Waals surface area contributed by atoms with Gasteiger partial charge in [-0.15, -0.1) is 0 Å². The first-order valence-corrected chi connectivity index (χ1v) is 3.43. The zero-order chi connectivity index (χ0) is 4.99. The fourth-order valence-corrected chi connectivity index (χ4v) is 0.344. The van der Waals surface area contributed by atoms with E-state index in [0.29, 0.717) is 0 Å². The molecule has 1 nitrogen and oxygen atoms in total. The Morgan fingerprint density at radius 2 is 2.50 bits per heavy atom. The van der Waals surface area contributed by atoms with Crippen LogP contribution in [0.2, 0.25) is 5.79 Å². The Morgan fingerprint density at radius 3 is 2.50 bits per heavy atom. The van der Waals surface area contributed by atoms with Gasteiger partial charge in [0.15, 0.2) is 0 Å². The van der Waals surface area contributed by atoms with Gasteiger partial charge in [-0.2, -0.15) is 0 Å². The topological polar surface area (TPSA) is 17.1 Å². The number of allylic oxidation sites excluding steroid dienone is 1. The summed E-state index contributed by atoms with van der Waals surface area (Å²) in [4.78, 5) is 10.1. The van der Waals surface area contributed by atoms with Crippen molar-refractivity contribution in [2.24, 2.45) is 0 Å². The van der Waals surface area contributed by atoms with Crippen LogP contribution in [0.5, 0.6) is 0 Å². The predicted molar refractivity (Wildman–Crippen MR) is 21.1 cm³/mol. The standard InChI is InChI=1S/C3H3O.CH3.Cr/c1-2-3-4;;/h2H,1H2;1H3;. The predicted octanol–water partition coefficient (Wildman–Crippen LogP) is 0.830. The van der Waals surface area contributed by atoms with E-state index < -0.39 is 0 Å². The summed E-state index contributed by atoms with van der Waals surface area (Å²) in [5.74, 6) is 1.87. The van der Waals surface area contributed by atoms with E-state index in [1.807, 2.05) is 5.79 Å². The monoisotopic (exact) mass is 122 g/mol. The Bertz CT molecular complexity index is 67.9. The first-order valence-electron chi connectivity index (χ1n) is 1.51. The zero-order valence-corrected chi connectivity index (χ0v) is 4.88. The summed E-state index contributed by atoms with van der Waals surface area (Å²) < 4.78 is 0.169. The second kappa shape index (κ2) is 3.14. The molecule has 0 aromatic rings. The number of hydrogen-bond acceptors (Lipinski definition) is 1. The van der Waals surface area contributed by atoms with Gasteiger partial charge in [0.05, 0.1) is 0 Å². The van der Waals surface area contributed by atoms with Crippen LogP contribution in [0.25, 0.3) is 0 Å². The molecule has 0 fully saturated rings. The van der Waals surface area contributed by atoms with Crippen LogP contribution in [-0.4, -0.2) is 4.65 Å². The molecule has 0 bridgehead atoms. The van der Waals surface area contributed by atoms with Crippen molar-refractivity contribution in [2.75, 3.05) is 0 Å². The molecule has 0 N–H and O–H groups in total. The molecule has 0 heterocycles. The van der Waals surface area contributed by atoms with Gasteiger partial charge in [-0.3, -0.25) is 0 Å². The van der Waals surface area contributed by atoms with Crippen molar-refractivity contribution in [2.45, 2.75) is 5.79 Å². The van der Waals surface area contributed by atoms with Crippen LogP contribution in [-0.2, 0) is 20.0 Å². The second-order valence-electron chi connectivity index (χ2n) is 0.727. The quantitative estimate of drug-likeness (QED) is 0.496. The minimum atomic E-state index is 0.127. The van der Waals surface area contributed by atoms with Gasteiger partial charge in [0, 0.05) is 0 Å². The number of carbonyl (C=O) groups excluding carboxylic acids is 1. The Balaban J connectivity index is 3.23. The van der Waals surface area contributed by atoms with E-state index in [2.05, 4.69) is 6.58 Å². The van der Waals surface area contributed by atoms with E-state index >= 15 is 0 Å². The van der Waals surface area contributed by atoms with Gasteiger partial charge in [0.1, 0.15) is 0 Å². The number of hydrogen-bond donors (Lipinski definition) is 0. The molecule has 0 aliphatic carbocycles. The molecule has 0 saturated heterocycles. The molecule has 2 heteroatoms. The molecule has 0 rings (SSSR count). The Morgan fingerprint density at radius 1 is 2.00 bits per heavy atom. The molecule has 6 heavy (non-hydrogen) atoms. The van der Waals surface area contributed by atoms with Crippen LogP contribution in [0.15, 0.2) is 12.7 Å². The third kappa shape index (κ3) is 2.20. The minimum absolute atomic E-state index is 0.127. The van der Waals surface area contributed by atoms with Gasteiger partial charge in [-0.25, -0.2) is 0 Å². The molecule has 0 unspecified atom stereocenters. The molecule has 34 valence electrons. The van der Waals surface area contributed by atoms with Crippen LogP contribution in [0.4, 0.5) is 0 Å². The second-order valence-corrected chi connectivity index (χ2v) is 1.99. The van der Waals surface area contributed by atoms with Crippen molar-refractivity contribution in [3.8, 4) is 0 Å². The van der Waals surface area contributed by atoms with Crippen molar-refractivity contribution >= 4 is 4.65 Å². The molecule has 0 radical (unpaired) electrons. The van der Waals surface area contributed by atoms with E-state index in [4.69, 9.17) is 0 Å². The molecule has 0 aliphatic heterocycles. The number of rotatable bonds is 2. The van der Waals surface area contributed by atoms with Crippen molar-refractivity contribution < 1.29 is 20.0 Å². The third-order valence-corrected chi connectivity index (χ3v) is 1.26. The van der Waals surface area contributed by atoms with Gasteiger partial charge >= 0.3 is 43.1 Å². The maximum atomic E-state index is 10.1. The molecule has 0 aliphatic rings. The van der Waals surface area contributed by atoms with Crippen LogP contribution < -0.4 is 0 Å². The van der Waals surface area contributed by atoms with Crippen molar-refractivity contribution in [3.05, 3.63) is 12.7 Å². The third-order valence-electron chi connectivity index (χ3n) is 0.368. The average molecular weight is 122 g/mol. The fourth-order valence-electron chi connectivity index (χ4n) is 0.0833. The molecule has 0 aromatic carbocycles. The molecular weight excluding hydrogens is 116 g/mol. The summed E-state index contributed by atoms with van der Waals surface area (Å²) in [5, 5.41) is 0. The van der Waals surface area contributed by atoms with Crippen molar-refractivity contribution in [1.82, 2.24) is 0 Å². The van der Waals surface area contributed by atoms with Crippen molar-refractivity contribution in [1.29, 1.82) is 0 Å². The summed E-state index contributed by atoms with van der Waals surface area (Å²) >= 11 is 0.127. The van der Waals surface area contributed by atoms with E-state index in [-0.39, 0.29) is 19.9 Å². The molecule has 0 saturated carbocycles. The molecule has 0 atom stereocenters. The molecule has 0 amide bonds. The molecule has 0 aromatic heterocycles. The maximum absolute atomic E-state index is 10.1. The first-order chi connectivity index (χ1) is 2.81.